The molecule has 4 rings (SSSR count). The van der Waals surface area contributed by atoms with Crippen molar-refractivity contribution in [2.45, 2.75) is 6.61 Å². The molecule has 0 aliphatic carbocycles. The van der Waals surface area contributed by atoms with Gasteiger partial charge in [0.05, 0.1) is 6.20 Å². The Balaban J connectivity index is 1.55. The van der Waals surface area contributed by atoms with Gasteiger partial charge in [-0.05, 0) is 0 Å². The van der Waals surface area contributed by atoms with E-state index in [1.165, 1.54) is 0 Å². The van der Waals surface area contributed by atoms with Gasteiger partial charge < -0.3 is 14.9 Å². The standard InChI is InChI=1S/C15H12N6O2/c16-12-6-10(14-15(18-12)20-21-19-14)22-8-13-17-7-11(23-13)9-4-2-1-3-5-9/h1-7H,8H2,(H3,16,18,19,20,21). The van der Waals surface area contributed by atoms with Crippen molar-refractivity contribution in [1.82, 2.24) is 25.4 Å². The van der Waals surface area contributed by atoms with Gasteiger partial charge in [0.25, 0.3) is 0 Å². The van der Waals surface area contributed by atoms with E-state index in [9.17, 15) is 0 Å². The zero-order valence-corrected chi connectivity index (χ0v) is 11.9. The van der Waals surface area contributed by atoms with Crippen molar-refractivity contribution in [3.8, 4) is 17.1 Å². The molecule has 8 heteroatoms. The predicted octanol–water partition coefficient (Wildman–Crippen LogP) is 2.17. The highest BCUT2D eigenvalue weighted by atomic mass is 16.5. The van der Waals surface area contributed by atoms with Gasteiger partial charge in [0, 0.05) is 11.6 Å². The molecule has 23 heavy (non-hydrogen) atoms. The molecule has 0 radical (unpaired) electrons. The van der Waals surface area contributed by atoms with Crippen LogP contribution in [0.3, 0.4) is 0 Å². The fourth-order valence-electron chi connectivity index (χ4n) is 2.19. The summed E-state index contributed by atoms with van der Waals surface area (Å²) in [4.78, 5) is 8.29. The maximum Gasteiger partial charge on any atom is 0.232 e. The van der Waals surface area contributed by atoms with Crippen molar-refractivity contribution in [3.05, 3.63) is 48.5 Å². The van der Waals surface area contributed by atoms with Gasteiger partial charge in [0.1, 0.15) is 5.82 Å². The number of H-pyrrole nitrogens is 1. The molecule has 3 aromatic heterocycles. The number of anilines is 1. The lowest BCUT2D eigenvalue weighted by atomic mass is 10.2. The number of oxazole rings is 1. The van der Waals surface area contributed by atoms with Gasteiger partial charge in [0.15, 0.2) is 29.3 Å². The first kappa shape index (κ1) is 13.3. The molecule has 3 N–H and O–H groups in total. The van der Waals surface area contributed by atoms with Crippen LogP contribution < -0.4 is 10.5 Å². The smallest absolute Gasteiger partial charge is 0.232 e. The lowest BCUT2D eigenvalue weighted by Crippen LogP contribution is -1.99. The SMILES string of the molecule is Nc1cc(OCc2ncc(-c3ccccc3)o2)c2nn[nH]c2n1. The lowest BCUT2D eigenvalue weighted by molar-refractivity contribution is 0.267. The zero-order valence-electron chi connectivity index (χ0n) is 11.9. The van der Waals surface area contributed by atoms with Gasteiger partial charge in [-0.15, -0.1) is 5.10 Å². The largest absolute Gasteiger partial charge is 0.481 e. The average Bonchev–Trinajstić information content (AvgIpc) is 3.22. The van der Waals surface area contributed by atoms with Gasteiger partial charge in [-0.1, -0.05) is 35.5 Å². The minimum absolute atomic E-state index is 0.151. The third-order valence-electron chi connectivity index (χ3n) is 3.25. The molecule has 8 nitrogen and oxygen atoms in total. The van der Waals surface area contributed by atoms with Gasteiger partial charge in [-0.2, -0.15) is 0 Å². The number of nitrogens with zero attached hydrogens (tertiary/aromatic N) is 4. The number of aromatic amines is 1. The summed E-state index contributed by atoms with van der Waals surface area (Å²) in [6.07, 6.45) is 1.67. The molecule has 0 unspecified atom stereocenters. The first-order valence-corrected chi connectivity index (χ1v) is 6.90. The number of benzene rings is 1. The highest BCUT2D eigenvalue weighted by molar-refractivity contribution is 5.78. The summed E-state index contributed by atoms with van der Waals surface area (Å²) >= 11 is 0. The van der Waals surface area contributed by atoms with Crippen LogP contribution in [0.1, 0.15) is 5.89 Å². The number of pyridine rings is 1. The number of nitrogens with two attached hydrogens (primary N) is 1. The molecular formula is C15H12N6O2. The van der Waals surface area contributed by atoms with Crippen molar-refractivity contribution in [1.29, 1.82) is 0 Å². The molecule has 0 aliphatic rings. The van der Waals surface area contributed by atoms with Crippen LogP contribution in [-0.4, -0.2) is 25.4 Å². The third-order valence-corrected chi connectivity index (χ3v) is 3.25. The molecule has 1 aromatic carbocycles. The van der Waals surface area contributed by atoms with E-state index in [4.69, 9.17) is 14.9 Å². The number of nitrogen functional groups attached to an aromatic ring is 1. The summed E-state index contributed by atoms with van der Waals surface area (Å²) in [5.74, 6) is 1.93. The van der Waals surface area contributed by atoms with E-state index in [-0.39, 0.29) is 6.61 Å². The minimum Gasteiger partial charge on any atom is -0.481 e. The molecule has 0 atom stereocenters. The Labute approximate surface area is 130 Å². The Morgan fingerprint density at radius 1 is 1.22 bits per heavy atom. The number of ether oxygens (including phenoxy) is 1. The summed E-state index contributed by atoms with van der Waals surface area (Å²) in [6, 6.07) is 11.3. The van der Waals surface area contributed by atoms with E-state index in [0.29, 0.717) is 34.4 Å². The second-order valence-electron chi connectivity index (χ2n) is 4.83. The van der Waals surface area contributed by atoms with Crippen LogP contribution in [0, 0.1) is 0 Å². The number of rotatable bonds is 4. The monoisotopic (exact) mass is 308 g/mol. The van der Waals surface area contributed by atoms with Crippen molar-refractivity contribution < 1.29 is 9.15 Å². The van der Waals surface area contributed by atoms with Crippen LogP contribution in [0.5, 0.6) is 5.75 Å². The van der Waals surface area contributed by atoms with Gasteiger partial charge in [-0.25, -0.2) is 15.1 Å². The Bertz CT molecular complexity index is 947. The topological polar surface area (TPSA) is 116 Å². The van der Waals surface area contributed by atoms with Crippen LogP contribution in [0.15, 0.2) is 47.0 Å². The molecule has 114 valence electrons. The van der Waals surface area contributed by atoms with Crippen molar-refractivity contribution in [3.63, 3.8) is 0 Å². The fourth-order valence-corrected chi connectivity index (χ4v) is 2.19. The second-order valence-corrected chi connectivity index (χ2v) is 4.83. The first-order valence-electron chi connectivity index (χ1n) is 6.90. The molecule has 0 fully saturated rings. The number of nitrogens with one attached hydrogen (secondary N) is 1. The molecule has 4 aromatic rings. The van der Waals surface area contributed by atoms with Crippen LogP contribution in [0.4, 0.5) is 5.82 Å². The van der Waals surface area contributed by atoms with E-state index in [2.05, 4.69) is 25.4 Å². The number of aromatic nitrogens is 5. The molecule has 0 aliphatic heterocycles. The van der Waals surface area contributed by atoms with E-state index in [0.717, 1.165) is 5.56 Å². The van der Waals surface area contributed by atoms with Gasteiger partial charge >= 0.3 is 0 Å². The quantitative estimate of drug-likeness (QED) is 0.593. The normalized spacial score (nSPS) is 11.0. The Morgan fingerprint density at radius 3 is 2.96 bits per heavy atom. The average molecular weight is 308 g/mol. The zero-order chi connectivity index (χ0) is 15.6. The molecule has 0 saturated heterocycles. The Morgan fingerprint density at radius 2 is 2.09 bits per heavy atom. The Kier molecular flexibility index (Phi) is 3.12. The first-order chi connectivity index (χ1) is 11.3. The summed E-state index contributed by atoms with van der Waals surface area (Å²) < 4.78 is 11.4. The van der Waals surface area contributed by atoms with Crippen LogP contribution in [0.25, 0.3) is 22.5 Å². The summed E-state index contributed by atoms with van der Waals surface area (Å²) in [5.41, 5.74) is 7.66. The predicted molar refractivity (Wildman–Crippen MR) is 82.4 cm³/mol. The summed E-state index contributed by atoms with van der Waals surface area (Å²) in [7, 11) is 0. The number of hydrogen-bond donors (Lipinski definition) is 2. The van der Waals surface area contributed by atoms with E-state index in [1.54, 1.807) is 12.3 Å². The van der Waals surface area contributed by atoms with Crippen LogP contribution in [0.2, 0.25) is 0 Å². The number of hydrogen-bond acceptors (Lipinski definition) is 7. The lowest BCUT2D eigenvalue weighted by Gasteiger charge is -2.04. The molecule has 0 spiro atoms. The molecule has 0 amide bonds. The van der Waals surface area contributed by atoms with Crippen LogP contribution >= 0.6 is 0 Å². The minimum atomic E-state index is 0.151. The maximum atomic E-state index is 5.73. The summed E-state index contributed by atoms with van der Waals surface area (Å²) in [6.45, 7) is 0.151. The highest BCUT2D eigenvalue weighted by Gasteiger charge is 2.11. The van der Waals surface area contributed by atoms with Gasteiger partial charge in [0.2, 0.25) is 5.89 Å². The van der Waals surface area contributed by atoms with Crippen molar-refractivity contribution in [2.24, 2.45) is 0 Å². The number of fused-ring (bicyclic) bond motifs is 1. The highest BCUT2D eigenvalue weighted by Crippen LogP contribution is 2.25. The van der Waals surface area contributed by atoms with Gasteiger partial charge in [-0.3, -0.25) is 0 Å². The van der Waals surface area contributed by atoms with E-state index in [1.807, 2.05) is 30.3 Å². The van der Waals surface area contributed by atoms with Crippen LogP contribution in [-0.2, 0) is 6.61 Å². The van der Waals surface area contributed by atoms with Crippen molar-refractivity contribution >= 4 is 17.0 Å². The second kappa shape index (κ2) is 5.41. The molecule has 3 heterocycles. The van der Waals surface area contributed by atoms with Crippen molar-refractivity contribution in [2.75, 3.05) is 5.73 Å². The Hall–Kier alpha value is -3.42. The maximum absolute atomic E-state index is 5.73. The molecule has 0 saturated carbocycles. The molecule has 0 bridgehead atoms. The summed E-state index contributed by atoms with van der Waals surface area (Å²) in [5, 5.41) is 10.3. The van der Waals surface area contributed by atoms with E-state index < -0.39 is 0 Å². The fraction of sp³-hybridized carbons (Fsp3) is 0.0667. The molecular weight excluding hydrogens is 296 g/mol. The third kappa shape index (κ3) is 2.57. The van der Waals surface area contributed by atoms with E-state index >= 15 is 0 Å².